The minimum atomic E-state index is -4.55. The van der Waals surface area contributed by atoms with E-state index in [2.05, 4.69) is 37.8 Å². The molecule has 0 bridgehead atoms. The zero-order valence-corrected chi connectivity index (χ0v) is 35.8. The highest BCUT2D eigenvalue weighted by Crippen LogP contribution is 2.55. The number of hydrogen-bond donors (Lipinski definition) is 2. The van der Waals surface area contributed by atoms with Crippen LogP contribution in [0.15, 0.2) is 102 Å². The Morgan fingerprint density at radius 3 is 2.61 bits per heavy atom. The summed E-state index contributed by atoms with van der Waals surface area (Å²) in [5.41, 5.74) is 7.23. The molecule has 4 aliphatic rings. The minimum Gasteiger partial charge on any atom is -0.455 e. The fourth-order valence-electron chi connectivity index (χ4n) is 9.22. The number of nitrogens with one attached hydrogen (secondary N) is 2. The van der Waals surface area contributed by atoms with Crippen LogP contribution in [0, 0.1) is 15.5 Å². The molecular weight excluding hydrogens is 830 g/mol. The third-order valence-corrected chi connectivity index (χ3v) is 14.4. The second-order valence-corrected chi connectivity index (χ2v) is 18.9. The highest BCUT2D eigenvalue weighted by molar-refractivity contribution is 7.90. The largest absolute Gasteiger partial charge is 0.455 e. The number of sulfonamides is 1. The third-order valence-electron chi connectivity index (χ3n) is 12.9. The van der Waals surface area contributed by atoms with Crippen molar-refractivity contribution in [2.45, 2.75) is 68.8 Å². The van der Waals surface area contributed by atoms with Gasteiger partial charge in [-0.15, -0.1) is 0 Å². The molecule has 1 atom stereocenters. The normalized spacial score (nSPS) is 19.2. The smallest absolute Gasteiger partial charge is 0.273 e. The molecule has 0 unspecified atom stereocenters. The van der Waals surface area contributed by atoms with Gasteiger partial charge in [0, 0.05) is 47.9 Å². The number of hydrogen-bond acceptors (Lipinski definition) is 10. The van der Waals surface area contributed by atoms with Crippen LogP contribution in [0.2, 0.25) is 5.02 Å². The molecular formula is C47H48ClN5O8S. The van der Waals surface area contributed by atoms with Gasteiger partial charge in [-0.2, -0.15) is 0 Å². The van der Waals surface area contributed by atoms with Gasteiger partial charge in [-0.3, -0.25) is 19.8 Å². The van der Waals surface area contributed by atoms with Gasteiger partial charge >= 0.3 is 0 Å². The highest BCUT2D eigenvalue weighted by Gasteiger charge is 2.41. The van der Waals surface area contributed by atoms with Crippen LogP contribution in [-0.4, -0.2) is 79.7 Å². The third kappa shape index (κ3) is 9.20. The number of rotatable bonds is 13. The predicted molar refractivity (Wildman–Crippen MR) is 237 cm³/mol. The summed E-state index contributed by atoms with van der Waals surface area (Å²) >= 11 is 6.27. The van der Waals surface area contributed by atoms with Gasteiger partial charge in [0.05, 0.1) is 47.5 Å². The average Bonchev–Trinajstić information content (AvgIpc) is 3.74. The van der Waals surface area contributed by atoms with Crippen LogP contribution in [0.25, 0.3) is 22.2 Å². The van der Waals surface area contributed by atoms with E-state index >= 15 is 0 Å². The molecule has 2 aliphatic carbocycles. The van der Waals surface area contributed by atoms with Gasteiger partial charge in [-0.1, -0.05) is 53.9 Å². The van der Waals surface area contributed by atoms with Crippen LogP contribution in [0.1, 0.15) is 78.4 Å². The molecule has 13 nitrogen and oxygen atoms in total. The van der Waals surface area contributed by atoms with E-state index in [0.717, 1.165) is 66.5 Å². The number of benzene rings is 3. The van der Waals surface area contributed by atoms with Crippen LogP contribution < -0.4 is 9.46 Å². The van der Waals surface area contributed by atoms with Gasteiger partial charge in [-0.25, -0.2) is 18.1 Å². The Morgan fingerprint density at radius 1 is 1.03 bits per heavy atom. The number of nitro groups is 1. The zero-order chi connectivity index (χ0) is 42.8. The topological polar surface area (TPSA) is 166 Å². The molecule has 1 spiro atoms. The highest BCUT2D eigenvalue weighted by atomic mass is 35.5. The molecule has 2 fully saturated rings. The summed E-state index contributed by atoms with van der Waals surface area (Å²) in [7, 11) is -4.55. The minimum absolute atomic E-state index is 0.0338. The maximum Gasteiger partial charge on any atom is 0.273 e. The number of carbonyl (C=O) groups excluding carboxylic acids is 1. The van der Waals surface area contributed by atoms with Gasteiger partial charge in [0.15, 0.2) is 0 Å². The molecule has 2 aromatic heterocycles. The first-order valence-electron chi connectivity index (χ1n) is 21.2. The van der Waals surface area contributed by atoms with Crippen LogP contribution in [-0.2, 0) is 25.9 Å². The Balaban J connectivity index is 0.949. The van der Waals surface area contributed by atoms with Crippen molar-refractivity contribution in [3.63, 3.8) is 0 Å². The van der Waals surface area contributed by atoms with E-state index in [9.17, 15) is 23.3 Å². The summed E-state index contributed by atoms with van der Waals surface area (Å²) in [6.07, 6.45) is 14.2. The van der Waals surface area contributed by atoms with E-state index in [1.54, 1.807) is 30.5 Å². The zero-order valence-electron chi connectivity index (χ0n) is 34.2. The quantitative estimate of drug-likeness (QED) is 0.0860. The van der Waals surface area contributed by atoms with Crippen molar-refractivity contribution >= 4 is 55.4 Å². The molecule has 322 valence electrons. The molecule has 15 heteroatoms. The summed E-state index contributed by atoms with van der Waals surface area (Å²) in [6, 6.07) is 20.7. The summed E-state index contributed by atoms with van der Waals surface area (Å²) in [5, 5.41) is 13.6. The lowest BCUT2D eigenvalue weighted by molar-refractivity contribution is -0.385. The number of pyridine rings is 1. The number of amides is 1. The molecule has 0 radical (unpaired) electrons. The van der Waals surface area contributed by atoms with Gasteiger partial charge in [-0.05, 0) is 122 Å². The molecule has 3 aromatic carbocycles. The molecule has 62 heavy (non-hydrogen) atoms. The van der Waals surface area contributed by atoms with Gasteiger partial charge in [0.25, 0.3) is 21.6 Å². The first-order valence-corrected chi connectivity index (χ1v) is 23.0. The molecule has 4 heterocycles. The number of carbonyl (C=O) groups is 1. The van der Waals surface area contributed by atoms with Crippen LogP contribution in [0.4, 0.5) is 5.69 Å². The summed E-state index contributed by atoms with van der Waals surface area (Å²) < 4.78 is 46.9. The van der Waals surface area contributed by atoms with Crippen molar-refractivity contribution in [2.24, 2.45) is 5.41 Å². The van der Waals surface area contributed by atoms with Crippen molar-refractivity contribution in [2.75, 3.05) is 39.5 Å². The molecule has 1 saturated carbocycles. The van der Waals surface area contributed by atoms with Crippen LogP contribution >= 0.6 is 11.6 Å². The lowest BCUT2D eigenvalue weighted by Gasteiger charge is -2.47. The Bertz CT molecular complexity index is 2690. The number of aromatic amines is 1. The number of nitro benzene ring substituents is 1. The van der Waals surface area contributed by atoms with Crippen molar-refractivity contribution in [3.8, 4) is 11.5 Å². The van der Waals surface area contributed by atoms with Crippen molar-refractivity contribution < 1.29 is 32.3 Å². The summed E-state index contributed by atoms with van der Waals surface area (Å²) in [4.78, 5) is 34.9. The molecule has 2 aliphatic heterocycles. The average molecular weight is 878 g/mol. The maximum absolute atomic E-state index is 13.9. The van der Waals surface area contributed by atoms with Crippen LogP contribution in [0.3, 0.4) is 0 Å². The number of ether oxygens (including phenoxy) is 3. The standard InChI is InChI=1S/C47H48ClN5O8S/c48-37-7-2-32(3-8-37)42-27-47(16-1-17-47)18-12-36(42)29-52-20-14-31(15-21-52)34-6-11-41(44(25-34)61-39-24-35-13-19-49-45(35)50-28-39)46(54)51-62(57,58)40-10-5-33(43(26-40)53(55)56)4-9-38-30-59-22-23-60-38/h2-3,5-8,10-11,13-14,19,24-26,28,38H,1,4,9,12,15-18,20-23,27,29-30H2,(H,49,50)(H,51,54)/t38-/m1/s1. The molecule has 1 saturated heterocycles. The number of allylic oxidation sites excluding steroid dienone is 1. The first kappa shape index (κ1) is 41.9. The number of nitrogens with zero attached hydrogens (tertiary/aromatic N) is 3. The number of H-pyrrole nitrogens is 1. The fraction of sp³-hybridized carbons (Fsp3) is 0.362. The van der Waals surface area contributed by atoms with Crippen LogP contribution in [0.5, 0.6) is 11.5 Å². The Kier molecular flexibility index (Phi) is 12.0. The molecule has 5 aromatic rings. The Hall–Kier alpha value is -5.38. The van der Waals surface area contributed by atoms with E-state index < -0.39 is 25.7 Å². The SMILES string of the molecule is O=C(NS(=O)(=O)c1ccc(CC[C@@H]2COCCO2)c([N+](=O)[O-])c1)c1ccc(C2=CCN(CC3=C(c4ccc(Cl)cc4)CC4(CCC4)CC3)CC2)cc1Oc1cnc2[nH]ccc2c1. The number of aromatic nitrogens is 2. The number of halogens is 1. The first-order chi connectivity index (χ1) is 30.0. The molecule has 9 rings (SSSR count). The van der Waals surface area contributed by atoms with Gasteiger partial charge in [0.1, 0.15) is 17.1 Å². The van der Waals surface area contributed by atoms with E-state index in [4.69, 9.17) is 25.8 Å². The van der Waals surface area contributed by atoms with E-state index in [1.165, 1.54) is 60.7 Å². The number of fused-ring (bicyclic) bond motifs is 1. The monoisotopic (exact) mass is 877 g/mol. The second-order valence-electron chi connectivity index (χ2n) is 16.8. The van der Waals surface area contributed by atoms with E-state index in [-0.39, 0.29) is 29.5 Å². The van der Waals surface area contributed by atoms with E-state index in [0.29, 0.717) is 48.6 Å². The molecule has 2 N–H and O–H groups in total. The Morgan fingerprint density at radius 2 is 1.87 bits per heavy atom. The predicted octanol–water partition coefficient (Wildman–Crippen LogP) is 9.28. The second kappa shape index (κ2) is 17.8. The number of aryl methyl sites for hydroxylation is 1. The van der Waals surface area contributed by atoms with Crippen molar-refractivity contribution in [3.05, 3.63) is 134 Å². The summed E-state index contributed by atoms with van der Waals surface area (Å²) in [5.74, 6) is -0.462. The Labute approximate surface area is 365 Å². The lowest BCUT2D eigenvalue weighted by atomic mass is 9.59. The fourth-order valence-corrected chi connectivity index (χ4v) is 10.3. The van der Waals surface area contributed by atoms with Crippen molar-refractivity contribution in [1.82, 2.24) is 19.6 Å². The van der Waals surface area contributed by atoms with Gasteiger partial charge in [0.2, 0.25) is 0 Å². The van der Waals surface area contributed by atoms with Crippen molar-refractivity contribution in [1.29, 1.82) is 0 Å². The lowest BCUT2D eigenvalue weighted by Crippen LogP contribution is -2.36. The molecule has 1 amide bonds. The van der Waals surface area contributed by atoms with Gasteiger partial charge < -0.3 is 19.2 Å². The maximum atomic E-state index is 13.9. The summed E-state index contributed by atoms with van der Waals surface area (Å²) in [6.45, 7) is 3.81. The van der Waals surface area contributed by atoms with E-state index in [1.807, 2.05) is 18.2 Å².